The van der Waals surface area contributed by atoms with Crippen molar-refractivity contribution in [2.75, 3.05) is 7.11 Å². The molecule has 1 aliphatic rings. The van der Waals surface area contributed by atoms with Gasteiger partial charge in [0.05, 0.1) is 13.0 Å². The first-order valence-corrected chi connectivity index (χ1v) is 7.21. The maximum Gasteiger partial charge on any atom is 0.224 e. The molecule has 1 amide bonds. The van der Waals surface area contributed by atoms with Crippen LogP contribution in [0.2, 0.25) is 0 Å². The Morgan fingerprint density at radius 2 is 1.86 bits per heavy atom. The maximum atomic E-state index is 12.7. The molecule has 4 nitrogen and oxygen atoms in total. The number of hydrogen-bond acceptors (Lipinski definition) is 3. The fourth-order valence-electron chi connectivity index (χ4n) is 3.06. The van der Waals surface area contributed by atoms with Gasteiger partial charge in [-0.3, -0.25) is 9.59 Å². The number of carbonyl (C=O) groups is 2. The van der Waals surface area contributed by atoms with Gasteiger partial charge < -0.3 is 10.5 Å². The molecule has 2 aromatic carbocycles. The van der Waals surface area contributed by atoms with E-state index in [1.54, 1.807) is 31.4 Å². The lowest BCUT2D eigenvalue weighted by Crippen LogP contribution is -2.19. The Morgan fingerprint density at radius 1 is 1.14 bits per heavy atom. The Hall–Kier alpha value is -2.62. The number of ketones is 1. The van der Waals surface area contributed by atoms with Crippen LogP contribution in [0, 0.1) is 0 Å². The Balaban J connectivity index is 1.98. The Bertz CT molecular complexity index is 734. The molecule has 0 heterocycles. The molecule has 0 bridgehead atoms. The van der Waals surface area contributed by atoms with Crippen molar-refractivity contribution in [3.63, 3.8) is 0 Å². The van der Waals surface area contributed by atoms with Gasteiger partial charge in [0, 0.05) is 11.1 Å². The summed E-state index contributed by atoms with van der Waals surface area (Å²) in [6.45, 7) is 0. The molecule has 0 saturated heterocycles. The highest BCUT2D eigenvalue weighted by Crippen LogP contribution is 2.35. The van der Waals surface area contributed by atoms with Crippen molar-refractivity contribution in [1.29, 1.82) is 0 Å². The first-order valence-electron chi connectivity index (χ1n) is 7.21. The zero-order valence-corrected chi connectivity index (χ0v) is 12.3. The highest BCUT2D eigenvalue weighted by molar-refractivity contribution is 6.10. The zero-order valence-electron chi connectivity index (χ0n) is 12.3. The normalized spacial score (nSPS) is 16.1. The summed E-state index contributed by atoms with van der Waals surface area (Å²) in [4.78, 5) is 24.2. The number of ether oxygens (including phenoxy) is 1. The van der Waals surface area contributed by atoms with Crippen molar-refractivity contribution in [2.24, 2.45) is 5.73 Å². The molecule has 0 aromatic heterocycles. The van der Waals surface area contributed by atoms with Crippen LogP contribution < -0.4 is 10.5 Å². The lowest BCUT2D eigenvalue weighted by molar-refractivity contribution is -0.119. The van der Waals surface area contributed by atoms with E-state index in [-0.39, 0.29) is 17.6 Å². The lowest BCUT2D eigenvalue weighted by Gasteiger charge is -2.10. The highest BCUT2D eigenvalue weighted by atomic mass is 16.5. The van der Waals surface area contributed by atoms with Gasteiger partial charge in [0.2, 0.25) is 5.91 Å². The molecule has 4 heteroatoms. The van der Waals surface area contributed by atoms with E-state index in [0.29, 0.717) is 29.7 Å². The third kappa shape index (κ3) is 2.37. The van der Waals surface area contributed by atoms with Crippen molar-refractivity contribution >= 4 is 11.7 Å². The first-order chi connectivity index (χ1) is 10.6. The predicted molar refractivity (Wildman–Crippen MR) is 83.1 cm³/mol. The number of rotatable bonds is 4. The SMILES string of the molecule is COc1ccc(C(=O)c2cccc3c2CCC3C(N)=O)cc1. The second kappa shape index (κ2) is 5.64. The number of benzene rings is 2. The van der Waals surface area contributed by atoms with E-state index in [2.05, 4.69) is 0 Å². The van der Waals surface area contributed by atoms with Crippen molar-refractivity contribution in [1.82, 2.24) is 0 Å². The summed E-state index contributed by atoms with van der Waals surface area (Å²) in [5, 5.41) is 0. The van der Waals surface area contributed by atoms with Crippen molar-refractivity contribution in [3.05, 3.63) is 64.7 Å². The number of methoxy groups -OCH3 is 1. The molecule has 0 radical (unpaired) electrons. The number of primary amides is 1. The van der Waals surface area contributed by atoms with E-state index >= 15 is 0 Å². The monoisotopic (exact) mass is 295 g/mol. The summed E-state index contributed by atoms with van der Waals surface area (Å²) in [5.74, 6) is 0.0691. The van der Waals surface area contributed by atoms with Crippen LogP contribution in [-0.4, -0.2) is 18.8 Å². The summed E-state index contributed by atoms with van der Waals surface area (Å²) in [5.41, 5.74) is 8.56. The van der Waals surface area contributed by atoms with E-state index in [9.17, 15) is 9.59 Å². The van der Waals surface area contributed by atoms with Crippen LogP contribution in [0.25, 0.3) is 0 Å². The summed E-state index contributed by atoms with van der Waals surface area (Å²) in [6, 6.07) is 12.6. The minimum absolute atomic E-state index is 0.0374. The van der Waals surface area contributed by atoms with Crippen LogP contribution in [0.15, 0.2) is 42.5 Å². The summed E-state index contributed by atoms with van der Waals surface area (Å²) < 4.78 is 5.11. The van der Waals surface area contributed by atoms with Crippen LogP contribution in [0.5, 0.6) is 5.75 Å². The molecular weight excluding hydrogens is 278 g/mol. The van der Waals surface area contributed by atoms with Gasteiger partial charge in [-0.05, 0) is 48.2 Å². The molecule has 2 N–H and O–H groups in total. The van der Waals surface area contributed by atoms with Gasteiger partial charge in [-0.1, -0.05) is 18.2 Å². The van der Waals surface area contributed by atoms with Crippen molar-refractivity contribution < 1.29 is 14.3 Å². The fraction of sp³-hybridized carbons (Fsp3) is 0.222. The average Bonchev–Trinajstić information content (AvgIpc) is 2.98. The quantitative estimate of drug-likeness (QED) is 0.881. The van der Waals surface area contributed by atoms with Crippen LogP contribution in [0.1, 0.15) is 39.4 Å². The Morgan fingerprint density at radius 3 is 2.50 bits per heavy atom. The van der Waals surface area contributed by atoms with E-state index < -0.39 is 0 Å². The van der Waals surface area contributed by atoms with Gasteiger partial charge in [0.1, 0.15) is 5.75 Å². The molecule has 1 atom stereocenters. The van der Waals surface area contributed by atoms with Crippen LogP contribution in [0.4, 0.5) is 0 Å². The lowest BCUT2D eigenvalue weighted by atomic mass is 9.94. The van der Waals surface area contributed by atoms with Gasteiger partial charge in [0.25, 0.3) is 0 Å². The van der Waals surface area contributed by atoms with Gasteiger partial charge in [-0.2, -0.15) is 0 Å². The minimum atomic E-state index is -0.326. The molecule has 0 aliphatic heterocycles. The number of fused-ring (bicyclic) bond motifs is 1. The van der Waals surface area contributed by atoms with Gasteiger partial charge in [-0.25, -0.2) is 0 Å². The fourth-order valence-corrected chi connectivity index (χ4v) is 3.06. The molecule has 0 fully saturated rings. The van der Waals surface area contributed by atoms with E-state index in [0.717, 1.165) is 11.1 Å². The number of carbonyl (C=O) groups excluding carboxylic acids is 2. The highest BCUT2D eigenvalue weighted by Gasteiger charge is 2.30. The third-order valence-electron chi connectivity index (χ3n) is 4.21. The Labute approximate surface area is 128 Å². The summed E-state index contributed by atoms with van der Waals surface area (Å²) in [6.07, 6.45) is 1.39. The molecule has 0 spiro atoms. The second-order valence-electron chi connectivity index (χ2n) is 5.42. The summed E-state index contributed by atoms with van der Waals surface area (Å²) in [7, 11) is 1.59. The average molecular weight is 295 g/mol. The summed E-state index contributed by atoms with van der Waals surface area (Å²) >= 11 is 0. The number of nitrogens with two attached hydrogens (primary N) is 1. The molecule has 112 valence electrons. The second-order valence-corrected chi connectivity index (χ2v) is 5.42. The molecule has 3 rings (SSSR count). The number of hydrogen-bond donors (Lipinski definition) is 1. The first kappa shape index (κ1) is 14.3. The molecule has 0 saturated carbocycles. The zero-order chi connectivity index (χ0) is 15.7. The molecule has 1 aliphatic carbocycles. The molecule has 2 aromatic rings. The topological polar surface area (TPSA) is 69.4 Å². The van der Waals surface area contributed by atoms with Crippen LogP contribution in [-0.2, 0) is 11.2 Å². The molecule has 1 unspecified atom stereocenters. The van der Waals surface area contributed by atoms with Crippen molar-refractivity contribution in [3.8, 4) is 5.75 Å². The predicted octanol–water partition coefficient (Wildman–Crippen LogP) is 2.44. The van der Waals surface area contributed by atoms with Gasteiger partial charge >= 0.3 is 0 Å². The van der Waals surface area contributed by atoms with Gasteiger partial charge in [-0.15, -0.1) is 0 Å². The molecular formula is C18H17NO3. The number of amides is 1. The van der Waals surface area contributed by atoms with Crippen LogP contribution >= 0.6 is 0 Å². The van der Waals surface area contributed by atoms with E-state index in [1.165, 1.54) is 0 Å². The third-order valence-corrected chi connectivity index (χ3v) is 4.21. The van der Waals surface area contributed by atoms with Crippen molar-refractivity contribution in [2.45, 2.75) is 18.8 Å². The Kier molecular flexibility index (Phi) is 3.67. The minimum Gasteiger partial charge on any atom is -0.497 e. The molecule has 22 heavy (non-hydrogen) atoms. The maximum absolute atomic E-state index is 12.7. The standard InChI is InChI=1S/C18H17NO3/c1-22-12-7-5-11(6-8-12)17(20)15-4-2-3-13-14(15)9-10-16(13)18(19)21/h2-8,16H,9-10H2,1H3,(H2,19,21). The van der Waals surface area contributed by atoms with Gasteiger partial charge in [0.15, 0.2) is 5.78 Å². The van der Waals surface area contributed by atoms with E-state index in [4.69, 9.17) is 10.5 Å². The smallest absolute Gasteiger partial charge is 0.224 e. The van der Waals surface area contributed by atoms with Crippen LogP contribution in [0.3, 0.4) is 0 Å². The largest absolute Gasteiger partial charge is 0.497 e. The van der Waals surface area contributed by atoms with E-state index in [1.807, 2.05) is 18.2 Å².